The lowest BCUT2D eigenvalue weighted by Gasteiger charge is -2.14. The molecule has 0 saturated carbocycles. The second-order valence-electron chi connectivity index (χ2n) is 8.88. The summed E-state index contributed by atoms with van der Waals surface area (Å²) in [4.78, 5) is 13.6. The van der Waals surface area contributed by atoms with E-state index in [1.54, 1.807) is 43.8 Å². The van der Waals surface area contributed by atoms with E-state index < -0.39 is 21.2 Å². The molecule has 0 bridgehead atoms. The highest BCUT2D eigenvalue weighted by atomic mass is 32.2. The maximum absolute atomic E-state index is 15.0. The Morgan fingerprint density at radius 1 is 1.11 bits per heavy atom. The molecule has 0 amide bonds. The molecule has 3 heterocycles. The Morgan fingerprint density at radius 2 is 1.81 bits per heavy atom. The van der Waals surface area contributed by atoms with Crippen LogP contribution in [0.5, 0.6) is 0 Å². The predicted octanol–water partition coefficient (Wildman–Crippen LogP) is 3.78. The molecule has 1 unspecified atom stereocenters. The van der Waals surface area contributed by atoms with Crippen molar-refractivity contribution in [2.75, 3.05) is 12.3 Å². The molecule has 0 fully saturated rings. The molecule has 2 aromatic heterocycles. The standard InChI is InChI=1S/C25H26F2N6O2S/c1-4-36(28,35)18-5-6-22(20(26)13-18)31-9-10-32(25(31)34)24-19-14-29-8-7-21(19)30-33(24)17-11-15(2)23(27)16(3)12-17/h5-6,9-13,28-29H,4,7-8,14H2,1-3H3. The van der Waals surface area contributed by atoms with Crippen molar-refractivity contribution in [3.63, 3.8) is 0 Å². The first kappa shape index (κ1) is 24.1. The monoisotopic (exact) mass is 512 g/mol. The first-order valence-corrected chi connectivity index (χ1v) is 13.3. The molecule has 2 aromatic carbocycles. The van der Waals surface area contributed by atoms with Crippen molar-refractivity contribution in [3.05, 3.63) is 87.2 Å². The molecule has 36 heavy (non-hydrogen) atoms. The van der Waals surface area contributed by atoms with Crippen LogP contribution in [-0.4, -0.2) is 35.4 Å². The molecule has 1 aliphatic heterocycles. The lowest BCUT2D eigenvalue weighted by Crippen LogP contribution is -2.27. The number of nitrogens with zero attached hydrogens (tertiary/aromatic N) is 4. The number of benzene rings is 2. The molecule has 4 aromatic rings. The highest BCUT2D eigenvalue weighted by Gasteiger charge is 2.25. The molecule has 8 nitrogen and oxygen atoms in total. The molecular formula is C25H26F2N6O2S. The molecule has 0 spiro atoms. The molecular weight excluding hydrogens is 486 g/mol. The zero-order valence-corrected chi connectivity index (χ0v) is 21.0. The van der Waals surface area contributed by atoms with Gasteiger partial charge in [0.25, 0.3) is 0 Å². The van der Waals surface area contributed by atoms with Crippen molar-refractivity contribution in [3.8, 4) is 17.2 Å². The molecule has 0 saturated heterocycles. The van der Waals surface area contributed by atoms with Gasteiger partial charge in [0.2, 0.25) is 0 Å². The van der Waals surface area contributed by atoms with Crippen LogP contribution in [0.25, 0.3) is 17.2 Å². The third kappa shape index (κ3) is 3.88. The Morgan fingerprint density at radius 3 is 2.47 bits per heavy atom. The zero-order valence-electron chi connectivity index (χ0n) is 20.1. The average Bonchev–Trinajstić information content (AvgIpc) is 3.42. The first-order valence-electron chi connectivity index (χ1n) is 11.6. The van der Waals surface area contributed by atoms with E-state index in [-0.39, 0.29) is 22.2 Å². The predicted molar refractivity (Wildman–Crippen MR) is 133 cm³/mol. The van der Waals surface area contributed by atoms with E-state index >= 15 is 4.39 Å². The number of hydrogen-bond acceptors (Lipinski definition) is 5. The number of halogens is 2. The first-order chi connectivity index (χ1) is 17.1. The average molecular weight is 513 g/mol. The van der Waals surface area contributed by atoms with Crippen molar-refractivity contribution in [1.29, 1.82) is 4.78 Å². The van der Waals surface area contributed by atoms with Crippen LogP contribution in [0.15, 0.2) is 52.4 Å². The SMILES string of the molecule is CCS(=N)(=O)c1ccc(-n2ccn(-c3c4c(nn3-c3cc(C)c(F)c(C)c3)CCNC4)c2=O)c(F)c1. The minimum atomic E-state index is -3.09. The highest BCUT2D eigenvalue weighted by molar-refractivity contribution is 7.92. The smallest absolute Gasteiger partial charge is 0.312 e. The van der Waals surface area contributed by atoms with Crippen LogP contribution in [0.2, 0.25) is 0 Å². The summed E-state index contributed by atoms with van der Waals surface area (Å²) in [6, 6.07) is 7.20. The Balaban J connectivity index is 1.68. The van der Waals surface area contributed by atoms with Gasteiger partial charge in [-0.2, -0.15) is 5.10 Å². The number of fused-ring (bicyclic) bond motifs is 1. The lowest BCUT2D eigenvalue weighted by atomic mass is 10.1. The minimum Gasteiger partial charge on any atom is -0.312 e. The number of nitrogens with one attached hydrogen (secondary N) is 2. The molecule has 5 rings (SSSR count). The zero-order chi connectivity index (χ0) is 25.8. The van der Waals surface area contributed by atoms with Crippen LogP contribution in [0.3, 0.4) is 0 Å². The van der Waals surface area contributed by atoms with Gasteiger partial charge in [-0.3, -0.25) is 9.13 Å². The van der Waals surface area contributed by atoms with Crippen LogP contribution < -0.4 is 11.0 Å². The fraction of sp³-hybridized carbons (Fsp3) is 0.280. The number of aromatic nitrogens is 4. The molecule has 188 valence electrons. The molecule has 1 aliphatic rings. The van der Waals surface area contributed by atoms with Crippen LogP contribution in [-0.2, 0) is 22.7 Å². The summed E-state index contributed by atoms with van der Waals surface area (Å²) in [7, 11) is -3.09. The van der Waals surface area contributed by atoms with Crippen LogP contribution in [0.1, 0.15) is 29.3 Å². The van der Waals surface area contributed by atoms with Crippen LogP contribution in [0.4, 0.5) is 8.78 Å². The molecule has 2 N–H and O–H groups in total. The number of imidazole rings is 1. The number of aryl methyl sites for hydroxylation is 2. The Labute approximate surface area is 207 Å². The quantitative estimate of drug-likeness (QED) is 0.425. The van der Waals surface area contributed by atoms with Crippen molar-refractivity contribution >= 4 is 9.73 Å². The van der Waals surface area contributed by atoms with Gasteiger partial charge in [0, 0.05) is 43.2 Å². The van der Waals surface area contributed by atoms with Gasteiger partial charge in [0.05, 0.1) is 31.7 Å². The second-order valence-corrected chi connectivity index (χ2v) is 11.3. The van der Waals surface area contributed by atoms with Crippen molar-refractivity contribution in [2.24, 2.45) is 0 Å². The van der Waals surface area contributed by atoms with Crippen molar-refractivity contribution in [2.45, 2.75) is 38.6 Å². The van der Waals surface area contributed by atoms with Gasteiger partial charge in [0.1, 0.15) is 17.5 Å². The van der Waals surface area contributed by atoms with E-state index in [0.29, 0.717) is 35.6 Å². The summed E-state index contributed by atoms with van der Waals surface area (Å²) in [5.74, 6) is -0.472. The molecule has 1 atom stereocenters. The third-order valence-electron chi connectivity index (χ3n) is 6.52. The summed E-state index contributed by atoms with van der Waals surface area (Å²) in [6.07, 6.45) is 3.67. The van der Waals surface area contributed by atoms with E-state index in [9.17, 15) is 13.4 Å². The van der Waals surface area contributed by atoms with Gasteiger partial charge in [-0.25, -0.2) is 27.2 Å². The maximum atomic E-state index is 15.0. The van der Waals surface area contributed by atoms with Gasteiger partial charge in [-0.05, 0) is 55.3 Å². The lowest BCUT2D eigenvalue weighted by molar-refractivity contribution is 0.607. The normalized spacial score (nSPS) is 15.0. The number of hydrogen-bond donors (Lipinski definition) is 2. The summed E-state index contributed by atoms with van der Waals surface area (Å²) >= 11 is 0. The van der Waals surface area contributed by atoms with Gasteiger partial charge in [-0.1, -0.05) is 6.92 Å². The van der Waals surface area contributed by atoms with Gasteiger partial charge in [-0.15, -0.1) is 0 Å². The van der Waals surface area contributed by atoms with E-state index in [1.807, 2.05) is 0 Å². The van der Waals surface area contributed by atoms with E-state index in [0.717, 1.165) is 28.4 Å². The fourth-order valence-corrected chi connectivity index (χ4v) is 5.45. The minimum absolute atomic E-state index is 0.0136. The van der Waals surface area contributed by atoms with E-state index in [2.05, 4.69) is 5.32 Å². The van der Waals surface area contributed by atoms with Crippen molar-refractivity contribution < 1.29 is 13.0 Å². The molecule has 0 radical (unpaired) electrons. The summed E-state index contributed by atoms with van der Waals surface area (Å²) in [6.45, 7) is 6.21. The van der Waals surface area contributed by atoms with Crippen molar-refractivity contribution in [1.82, 2.24) is 24.2 Å². The summed E-state index contributed by atoms with van der Waals surface area (Å²) < 4.78 is 53.8. The van der Waals surface area contributed by atoms with E-state index in [1.165, 1.54) is 22.9 Å². The summed E-state index contributed by atoms with van der Waals surface area (Å²) in [5, 5.41) is 8.06. The number of rotatable bonds is 5. The van der Waals surface area contributed by atoms with Crippen LogP contribution >= 0.6 is 0 Å². The fourth-order valence-electron chi connectivity index (χ4n) is 4.54. The Bertz CT molecular complexity index is 1640. The summed E-state index contributed by atoms with van der Waals surface area (Å²) in [5.41, 5.74) is 2.70. The maximum Gasteiger partial charge on any atom is 0.338 e. The Hall–Kier alpha value is -3.57. The Kier molecular flexibility index (Phi) is 5.92. The largest absolute Gasteiger partial charge is 0.338 e. The highest BCUT2D eigenvalue weighted by Crippen LogP contribution is 2.27. The molecule has 0 aliphatic carbocycles. The topological polar surface area (TPSA) is 97.7 Å². The van der Waals surface area contributed by atoms with Gasteiger partial charge < -0.3 is 5.32 Å². The van der Waals surface area contributed by atoms with E-state index in [4.69, 9.17) is 9.88 Å². The second kappa shape index (κ2) is 8.82. The van der Waals surface area contributed by atoms with Crippen LogP contribution in [0, 0.1) is 30.3 Å². The molecule has 11 heteroatoms. The van der Waals surface area contributed by atoms with Gasteiger partial charge in [0.15, 0.2) is 0 Å². The van der Waals surface area contributed by atoms with Gasteiger partial charge >= 0.3 is 5.69 Å². The third-order valence-corrected chi connectivity index (χ3v) is 8.35.